The number of amides is 1. The van der Waals surface area contributed by atoms with Crippen molar-refractivity contribution in [1.82, 2.24) is 15.5 Å². The third-order valence-electron chi connectivity index (χ3n) is 6.17. The summed E-state index contributed by atoms with van der Waals surface area (Å²) in [6.07, 6.45) is 0. The molecule has 0 saturated carbocycles. The molecule has 1 heterocycles. The molecule has 0 radical (unpaired) electrons. The lowest BCUT2D eigenvalue weighted by Crippen LogP contribution is -2.32. The normalized spacial score (nSPS) is 12.4. The van der Waals surface area contributed by atoms with Crippen molar-refractivity contribution in [3.63, 3.8) is 0 Å². The van der Waals surface area contributed by atoms with E-state index in [2.05, 4.69) is 33.8 Å². The fraction of sp³-hybridized carbons (Fsp3) is 0.200. The summed E-state index contributed by atoms with van der Waals surface area (Å²) in [5, 5.41) is 23.9. The van der Waals surface area contributed by atoms with Crippen LogP contribution in [0.4, 0.5) is 5.69 Å². The Morgan fingerprint density at radius 3 is 2.22 bits per heavy atom. The quantitative estimate of drug-likeness (QED) is 0.336. The maximum atomic E-state index is 13.3. The summed E-state index contributed by atoms with van der Waals surface area (Å²) in [7, 11) is 0. The van der Waals surface area contributed by atoms with Crippen molar-refractivity contribution in [2.75, 3.05) is 18.4 Å². The van der Waals surface area contributed by atoms with E-state index in [0.717, 1.165) is 40.3 Å². The van der Waals surface area contributed by atoms with Crippen LogP contribution >= 0.6 is 0 Å². The summed E-state index contributed by atoms with van der Waals surface area (Å²) in [6.45, 7) is 5.26. The number of carbonyl (C=O) groups excluding carboxylic acids is 1. The molecule has 180 valence electrons. The number of anilines is 1. The SMILES string of the molecule is Cc1ccc(-c2ccc(NC(=O)C(CNC[C@H](C)c3ccc(C#N)cc3)c3ccccc3)cc2)nn1. The van der Waals surface area contributed by atoms with Crippen LogP contribution in [0.25, 0.3) is 11.3 Å². The summed E-state index contributed by atoms with van der Waals surface area (Å²) < 4.78 is 0. The number of hydrogen-bond donors (Lipinski definition) is 2. The van der Waals surface area contributed by atoms with Crippen LogP contribution in [0.1, 0.15) is 41.1 Å². The lowest BCUT2D eigenvalue weighted by atomic mass is 9.96. The Labute approximate surface area is 212 Å². The van der Waals surface area contributed by atoms with Crippen molar-refractivity contribution < 1.29 is 4.79 Å². The molecule has 6 heteroatoms. The second kappa shape index (κ2) is 11.9. The first-order valence-electron chi connectivity index (χ1n) is 12.0. The van der Waals surface area contributed by atoms with Gasteiger partial charge in [-0.2, -0.15) is 15.5 Å². The number of nitrogens with zero attached hydrogens (tertiary/aromatic N) is 3. The highest BCUT2D eigenvalue weighted by molar-refractivity contribution is 5.96. The van der Waals surface area contributed by atoms with Gasteiger partial charge in [-0.1, -0.05) is 61.5 Å². The Morgan fingerprint density at radius 2 is 1.58 bits per heavy atom. The largest absolute Gasteiger partial charge is 0.326 e. The third-order valence-corrected chi connectivity index (χ3v) is 6.17. The number of hydrogen-bond acceptors (Lipinski definition) is 5. The van der Waals surface area contributed by atoms with Gasteiger partial charge in [-0.15, -0.1) is 0 Å². The van der Waals surface area contributed by atoms with Crippen LogP contribution in [0.15, 0.2) is 91.0 Å². The lowest BCUT2D eigenvalue weighted by molar-refractivity contribution is -0.117. The van der Waals surface area contributed by atoms with E-state index in [1.807, 2.05) is 97.9 Å². The van der Waals surface area contributed by atoms with Gasteiger partial charge in [-0.3, -0.25) is 4.79 Å². The van der Waals surface area contributed by atoms with E-state index in [9.17, 15) is 4.79 Å². The lowest BCUT2D eigenvalue weighted by Gasteiger charge is -2.20. The van der Waals surface area contributed by atoms with Gasteiger partial charge in [0.1, 0.15) is 0 Å². The van der Waals surface area contributed by atoms with Crippen LogP contribution in [0.3, 0.4) is 0 Å². The summed E-state index contributed by atoms with van der Waals surface area (Å²) in [5.41, 5.74) is 6.10. The maximum Gasteiger partial charge on any atom is 0.233 e. The molecule has 4 rings (SSSR count). The van der Waals surface area contributed by atoms with Gasteiger partial charge in [0.15, 0.2) is 0 Å². The predicted molar refractivity (Wildman–Crippen MR) is 142 cm³/mol. The molecule has 4 aromatic rings. The van der Waals surface area contributed by atoms with E-state index in [1.54, 1.807) is 0 Å². The highest BCUT2D eigenvalue weighted by atomic mass is 16.1. The molecule has 1 aromatic heterocycles. The molecular formula is C30H29N5O. The number of benzene rings is 3. The molecule has 2 N–H and O–H groups in total. The van der Waals surface area contributed by atoms with Gasteiger partial charge in [0.25, 0.3) is 0 Å². The molecule has 2 atom stereocenters. The Kier molecular flexibility index (Phi) is 8.17. The zero-order valence-corrected chi connectivity index (χ0v) is 20.5. The minimum atomic E-state index is -0.345. The molecule has 0 saturated heterocycles. The first-order valence-corrected chi connectivity index (χ1v) is 12.0. The van der Waals surface area contributed by atoms with Crippen molar-refractivity contribution in [2.45, 2.75) is 25.7 Å². The number of rotatable bonds is 9. The minimum Gasteiger partial charge on any atom is -0.326 e. The van der Waals surface area contributed by atoms with Gasteiger partial charge in [-0.05, 0) is 60.4 Å². The Bertz CT molecular complexity index is 1310. The summed E-state index contributed by atoms with van der Waals surface area (Å²) in [5.74, 6) is -0.167. The van der Waals surface area contributed by atoms with Crippen LogP contribution in [0, 0.1) is 18.3 Å². The fourth-order valence-electron chi connectivity index (χ4n) is 4.00. The summed E-state index contributed by atoms with van der Waals surface area (Å²) in [4.78, 5) is 13.3. The van der Waals surface area contributed by atoms with Crippen LogP contribution in [0.5, 0.6) is 0 Å². The van der Waals surface area contributed by atoms with Crippen molar-refractivity contribution in [3.05, 3.63) is 113 Å². The van der Waals surface area contributed by atoms with E-state index < -0.39 is 0 Å². The molecule has 0 aliphatic carbocycles. The summed E-state index contributed by atoms with van der Waals surface area (Å²) in [6, 6.07) is 31.1. The molecule has 0 aliphatic rings. The van der Waals surface area contributed by atoms with Gasteiger partial charge in [0.2, 0.25) is 5.91 Å². The van der Waals surface area contributed by atoms with Crippen molar-refractivity contribution in [2.24, 2.45) is 0 Å². The fourth-order valence-corrected chi connectivity index (χ4v) is 4.00. The molecular weight excluding hydrogens is 446 g/mol. The van der Waals surface area contributed by atoms with Crippen LogP contribution in [-0.4, -0.2) is 29.2 Å². The molecule has 3 aromatic carbocycles. The standard InChI is InChI=1S/C30H29N5O/c1-21(24-11-9-23(18-31)10-12-24)19-32-20-28(25-6-4-3-5-7-25)30(36)33-27-15-13-26(14-16-27)29-17-8-22(2)34-35-29/h3-17,21,28,32H,19-20H2,1-2H3,(H,33,36)/t21-,28?/m0/s1. The Balaban J connectivity index is 1.41. The second-order valence-electron chi connectivity index (χ2n) is 8.88. The number of aromatic nitrogens is 2. The number of carbonyl (C=O) groups is 1. The monoisotopic (exact) mass is 475 g/mol. The van der Waals surface area contributed by atoms with Gasteiger partial charge < -0.3 is 10.6 Å². The van der Waals surface area contributed by atoms with Crippen LogP contribution < -0.4 is 10.6 Å². The smallest absolute Gasteiger partial charge is 0.233 e. The Hall–Kier alpha value is -4.34. The molecule has 36 heavy (non-hydrogen) atoms. The van der Waals surface area contributed by atoms with Crippen molar-refractivity contribution in [3.8, 4) is 17.3 Å². The summed E-state index contributed by atoms with van der Waals surface area (Å²) >= 11 is 0. The number of aryl methyl sites for hydroxylation is 1. The van der Waals surface area contributed by atoms with E-state index in [0.29, 0.717) is 12.1 Å². The van der Waals surface area contributed by atoms with E-state index >= 15 is 0 Å². The topological polar surface area (TPSA) is 90.7 Å². The minimum absolute atomic E-state index is 0.0670. The molecule has 1 amide bonds. The number of nitrogens with one attached hydrogen (secondary N) is 2. The Morgan fingerprint density at radius 1 is 0.861 bits per heavy atom. The average molecular weight is 476 g/mol. The molecule has 6 nitrogen and oxygen atoms in total. The van der Waals surface area contributed by atoms with Crippen molar-refractivity contribution >= 4 is 11.6 Å². The van der Waals surface area contributed by atoms with Gasteiger partial charge in [0.05, 0.1) is 28.9 Å². The number of nitriles is 1. The first kappa shape index (κ1) is 24.8. The average Bonchev–Trinajstić information content (AvgIpc) is 2.92. The first-order chi connectivity index (χ1) is 17.5. The predicted octanol–water partition coefficient (Wildman–Crippen LogP) is 5.44. The highest BCUT2D eigenvalue weighted by Gasteiger charge is 2.21. The van der Waals surface area contributed by atoms with Gasteiger partial charge >= 0.3 is 0 Å². The molecule has 0 bridgehead atoms. The van der Waals surface area contributed by atoms with Crippen LogP contribution in [0.2, 0.25) is 0 Å². The van der Waals surface area contributed by atoms with Crippen LogP contribution in [-0.2, 0) is 4.79 Å². The van der Waals surface area contributed by atoms with Gasteiger partial charge in [-0.25, -0.2) is 0 Å². The zero-order valence-electron chi connectivity index (χ0n) is 20.5. The van der Waals surface area contributed by atoms with Crippen molar-refractivity contribution in [1.29, 1.82) is 5.26 Å². The highest BCUT2D eigenvalue weighted by Crippen LogP contribution is 2.22. The third kappa shape index (κ3) is 6.41. The molecule has 1 unspecified atom stereocenters. The maximum absolute atomic E-state index is 13.3. The second-order valence-corrected chi connectivity index (χ2v) is 8.88. The molecule has 0 fully saturated rings. The van der Waals surface area contributed by atoms with E-state index in [1.165, 1.54) is 0 Å². The van der Waals surface area contributed by atoms with Gasteiger partial charge in [0, 0.05) is 24.3 Å². The van der Waals surface area contributed by atoms with E-state index in [-0.39, 0.29) is 17.7 Å². The molecule has 0 spiro atoms. The zero-order chi connectivity index (χ0) is 25.3. The molecule has 0 aliphatic heterocycles. The van der Waals surface area contributed by atoms with E-state index in [4.69, 9.17) is 5.26 Å².